The maximum atomic E-state index is 14.0. The van der Waals surface area contributed by atoms with Crippen molar-refractivity contribution < 1.29 is 22.6 Å². The molecule has 0 aliphatic carbocycles. The summed E-state index contributed by atoms with van der Waals surface area (Å²) in [5, 5.41) is 12.3. The highest BCUT2D eigenvalue weighted by Gasteiger charge is 2.35. The minimum atomic E-state index is -4.68. The van der Waals surface area contributed by atoms with Crippen molar-refractivity contribution >= 4 is 59.7 Å². The Hall–Kier alpha value is -4.42. The smallest absolute Gasteiger partial charge is 0.396 e. The number of rotatable bonds is 5. The SMILES string of the molecule is Cc1ccc(S(=O)(=O)N(C(=O)c2cccnc2)c2cc3sc(=O)oc3c3ccccc23)cc1[N+](=O)[O-]. The third-order valence-electron chi connectivity index (χ3n) is 5.55. The first-order valence-corrected chi connectivity index (χ1v) is 12.6. The van der Waals surface area contributed by atoms with Crippen molar-refractivity contribution in [2.24, 2.45) is 0 Å². The van der Waals surface area contributed by atoms with Crippen molar-refractivity contribution in [3.05, 3.63) is 104 Å². The Kier molecular flexibility index (Phi) is 5.61. The number of nitro benzene ring substituents is 1. The quantitative estimate of drug-likeness (QED) is 0.240. The van der Waals surface area contributed by atoms with Crippen LogP contribution in [-0.2, 0) is 10.0 Å². The zero-order chi connectivity index (χ0) is 25.6. The summed E-state index contributed by atoms with van der Waals surface area (Å²) in [5.74, 6) is -0.924. The monoisotopic (exact) mass is 521 g/mol. The molecule has 10 nitrogen and oxygen atoms in total. The van der Waals surface area contributed by atoms with E-state index in [-0.39, 0.29) is 22.4 Å². The van der Waals surface area contributed by atoms with Crippen molar-refractivity contribution in [3.8, 4) is 0 Å². The third-order valence-corrected chi connectivity index (χ3v) is 8.01. The molecule has 0 aliphatic rings. The van der Waals surface area contributed by atoms with Gasteiger partial charge in [-0.15, -0.1) is 0 Å². The van der Waals surface area contributed by atoms with Crippen molar-refractivity contribution in [2.75, 3.05) is 4.31 Å². The largest absolute Gasteiger partial charge is 0.413 e. The van der Waals surface area contributed by atoms with E-state index >= 15 is 0 Å². The van der Waals surface area contributed by atoms with E-state index in [0.717, 1.165) is 17.4 Å². The number of anilines is 1. The summed E-state index contributed by atoms with van der Waals surface area (Å²) in [4.78, 5) is 39.4. The van der Waals surface area contributed by atoms with Crippen LogP contribution in [0.2, 0.25) is 0 Å². The summed E-state index contributed by atoms with van der Waals surface area (Å²) >= 11 is 0.764. The van der Waals surface area contributed by atoms with Crippen LogP contribution in [0.5, 0.6) is 0 Å². The van der Waals surface area contributed by atoms with Crippen LogP contribution >= 0.6 is 11.3 Å². The lowest BCUT2D eigenvalue weighted by Crippen LogP contribution is -2.37. The topological polar surface area (TPSA) is 141 Å². The Morgan fingerprint density at radius 1 is 1.08 bits per heavy atom. The number of benzene rings is 3. The van der Waals surface area contributed by atoms with Crippen LogP contribution in [0.25, 0.3) is 21.1 Å². The van der Waals surface area contributed by atoms with E-state index in [1.165, 1.54) is 49.6 Å². The van der Waals surface area contributed by atoms with Gasteiger partial charge in [0, 0.05) is 34.8 Å². The Morgan fingerprint density at radius 2 is 1.83 bits per heavy atom. The number of amides is 1. The summed E-state index contributed by atoms with van der Waals surface area (Å²) in [6, 6.07) is 14.3. The summed E-state index contributed by atoms with van der Waals surface area (Å²) in [7, 11) is -4.68. The van der Waals surface area contributed by atoms with Gasteiger partial charge in [0.05, 0.1) is 25.8 Å². The first-order chi connectivity index (χ1) is 17.2. The van der Waals surface area contributed by atoms with Crippen molar-refractivity contribution in [2.45, 2.75) is 11.8 Å². The Morgan fingerprint density at radius 3 is 2.53 bits per heavy atom. The molecule has 36 heavy (non-hydrogen) atoms. The minimum Gasteiger partial charge on any atom is -0.413 e. The zero-order valence-corrected chi connectivity index (χ0v) is 20.1. The van der Waals surface area contributed by atoms with Gasteiger partial charge < -0.3 is 4.42 Å². The fourth-order valence-electron chi connectivity index (χ4n) is 3.85. The molecule has 0 unspecified atom stereocenters. The summed E-state index contributed by atoms with van der Waals surface area (Å²) < 4.78 is 34.2. The van der Waals surface area contributed by atoms with Gasteiger partial charge in [-0.3, -0.25) is 19.9 Å². The van der Waals surface area contributed by atoms with Crippen molar-refractivity contribution in [1.29, 1.82) is 0 Å². The number of nitro groups is 1. The van der Waals surface area contributed by atoms with Gasteiger partial charge in [-0.05, 0) is 31.2 Å². The second-order valence-corrected chi connectivity index (χ2v) is 10.5. The predicted molar refractivity (Wildman–Crippen MR) is 134 cm³/mol. The number of carbonyl (C=O) groups is 1. The molecule has 0 fully saturated rings. The lowest BCUT2D eigenvalue weighted by molar-refractivity contribution is -0.385. The molecule has 3 aromatic carbocycles. The first kappa shape index (κ1) is 23.3. The average molecular weight is 522 g/mol. The lowest BCUT2D eigenvalue weighted by atomic mass is 10.1. The van der Waals surface area contributed by atoms with Gasteiger partial charge in [0.25, 0.3) is 21.6 Å². The Bertz CT molecular complexity index is 1840. The molecule has 0 bridgehead atoms. The van der Waals surface area contributed by atoms with Crippen LogP contribution < -0.4 is 9.24 Å². The summed E-state index contributed by atoms with van der Waals surface area (Å²) in [5.41, 5.74) is 0.0679. The highest BCUT2D eigenvalue weighted by atomic mass is 32.2. The van der Waals surface area contributed by atoms with Crippen LogP contribution in [0.1, 0.15) is 15.9 Å². The molecule has 180 valence electrons. The second kappa shape index (κ2) is 8.66. The molecule has 0 N–H and O–H groups in total. The van der Waals surface area contributed by atoms with E-state index in [1.54, 1.807) is 24.3 Å². The molecule has 0 radical (unpaired) electrons. The number of hydrogen-bond acceptors (Lipinski definition) is 9. The maximum Gasteiger partial charge on any atom is 0.396 e. The number of aromatic nitrogens is 1. The van der Waals surface area contributed by atoms with E-state index in [9.17, 15) is 28.1 Å². The molecular formula is C24H15N3O7S2. The molecule has 2 heterocycles. The summed E-state index contributed by atoms with van der Waals surface area (Å²) in [6.07, 6.45) is 2.66. The average Bonchev–Trinajstić information content (AvgIpc) is 3.25. The van der Waals surface area contributed by atoms with Crippen molar-refractivity contribution in [1.82, 2.24) is 4.98 Å². The zero-order valence-electron chi connectivity index (χ0n) is 18.4. The number of hydrogen-bond donors (Lipinski definition) is 0. The van der Waals surface area contributed by atoms with Gasteiger partial charge >= 0.3 is 4.94 Å². The Labute approximate surface area is 207 Å². The van der Waals surface area contributed by atoms with Crippen molar-refractivity contribution in [3.63, 3.8) is 0 Å². The normalized spacial score (nSPS) is 11.6. The van der Waals surface area contributed by atoms with Gasteiger partial charge in [0.15, 0.2) is 5.58 Å². The standard InChI is InChI=1S/C24H15N3O7S2/c1-14-8-9-16(11-19(14)27(30)31)36(32,33)26(23(28)15-5-4-10-25-13-15)20-12-21-22(34-24(29)35-21)18-7-3-2-6-17(18)20/h2-13H,1H3. The van der Waals surface area contributed by atoms with Crippen LogP contribution in [0.15, 0.2) is 87.2 Å². The number of pyridine rings is 1. The highest BCUT2D eigenvalue weighted by Crippen LogP contribution is 2.38. The molecule has 5 aromatic rings. The molecule has 0 spiro atoms. The fraction of sp³-hybridized carbons (Fsp3) is 0.0417. The van der Waals surface area contributed by atoms with Gasteiger partial charge in [-0.2, -0.15) is 4.31 Å². The van der Waals surface area contributed by atoms with Gasteiger partial charge in [-0.1, -0.05) is 41.7 Å². The maximum absolute atomic E-state index is 14.0. The molecule has 12 heteroatoms. The van der Waals surface area contributed by atoms with Crippen LogP contribution in [0, 0.1) is 17.0 Å². The molecule has 0 atom stereocenters. The number of nitrogens with zero attached hydrogens (tertiary/aromatic N) is 3. The van der Waals surface area contributed by atoms with E-state index < -0.39 is 36.4 Å². The number of carbonyl (C=O) groups excluding carboxylic acids is 1. The van der Waals surface area contributed by atoms with E-state index in [4.69, 9.17) is 4.42 Å². The highest BCUT2D eigenvalue weighted by molar-refractivity contribution is 7.93. The van der Waals surface area contributed by atoms with Crippen LogP contribution in [0.3, 0.4) is 0 Å². The second-order valence-electron chi connectivity index (χ2n) is 7.74. The number of fused-ring (bicyclic) bond motifs is 3. The van der Waals surface area contributed by atoms with Crippen LogP contribution in [0.4, 0.5) is 11.4 Å². The predicted octanol–water partition coefficient (Wildman–Crippen LogP) is 4.66. The molecule has 2 aromatic heterocycles. The van der Waals surface area contributed by atoms with E-state index in [0.29, 0.717) is 19.8 Å². The molecule has 0 saturated carbocycles. The Balaban J connectivity index is 1.85. The molecular weight excluding hydrogens is 506 g/mol. The van der Waals surface area contributed by atoms with Crippen LogP contribution in [-0.4, -0.2) is 24.2 Å². The molecule has 0 saturated heterocycles. The number of sulfonamides is 1. The van der Waals surface area contributed by atoms with Gasteiger partial charge in [-0.25, -0.2) is 13.2 Å². The third kappa shape index (κ3) is 3.82. The van der Waals surface area contributed by atoms with E-state index in [1.807, 2.05) is 0 Å². The molecule has 5 rings (SSSR count). The minimum absolute atomic E-state index is 0.0211. The number of aryl methyl sites for hydroxylation is 1. The lowest BCUT2D eigenvalue weighted by Gasteiger charge is -2.24. The van der Waals surface area contributed by atoms with E-state index in [2.05, 4.69) is 4.98 Å². The van der Waals surface area contributed by atoms with Gasteiger partial charge in [0.1, 0.15) is 0 Å². The van der Waals surface area contributed by atoms with Gasteiger partial charge in [0.2, 0.25) is 0 Å². The molecule has 1 amide bonds. The summed E-state index contributed by atoms with van der Waals surface area (Å²) in [6.45, 7) is 1.48. The fourth-order valence-corrected chi connectivity index (χ4v) is 6.02. The first-order valence-electron chi connectivity index (χ1n) is 10.4. The molecule has 0 aliphatic heterocycles.